The maximum atomic E-state index is 12.4. The Morgan fingerprint density at radius 2 is 1.45 bits per heavy atom. The average Bonchev–Trinajstić information content (AvgIpc) is 2.69. The first-order valence-electron chi connectivity index (χ1n) is 9.63. The molecule has 3 atom stereocenters. The van der Waals surface area contributed by atoms with Crippen molar-refractivity contribution < 1.29 is 24.3 Å². The van der Waals surface area contributed by atoms with Crippen LogP contribution >= 0.6 is 12.6 Å². The Balaban J connectivity index is 4.67. The number of aliphatic carboxylic acids is 1. The van der Waals surface area contributed by atoms with Gasteiger partial charge in [-0.2, -0.15) is 12.6 Å². The van der Waals surface area contributed by atoms with Crippen LogP contribution in [0.3, 0.4) is 0 Å². The van der Waals surface area contributed by atoms with Crippen molar-refractivity contribution in [3.05, 3.63) is 0 Å². The fourth-order valence-electron chi connectivity index (χ4n) is 2.40. The summed E-state index contributed by atoms with van der Waals surface area (Å²) in [6, 6.07) is -2.87. The van der Waals surface area contributed by atoms with E-state index in [1.54, 1.807) is 0 Å². The number of amides is 3. The monoisotopic (exact) mass is 434 g/mol. The SMILES string of the molecule is NCCCCC(N)C(=O)NCC(=O)NC(CCCCN)C(=O)NC(CS)C(=O)O. The first-order valence-corrected chi connectivity index (χ1v) is 10.3. The number of hydrogen-bond acceptors (Lipinski definition) is 8. The molecule has 0 aromatic heterocycles. The highest BCUT2D eigenvalue weighted by molar-refractivity contribution is 7.80. The lowest BCUT2D eigenvalue weighted by Crippen LogP contribution is -2.54. The molecule has 11 nitrogen and oxygen atoms in total. The predicted octanol–water partition coefficient (Wildman–Crippen LogP) is -2.33. The lowest BCUT2D eigenvalue weighted by atomic mass is 10.1. The minimum absolute atomic E-state index is 0.0946. The van der Waals surface area contributed by atoms with Gasteiger partial charge in [-0.05, 0) is 45.2 Å². The molecule has 0 heterocycles. The highest BCUT2D eigenvalue weighted by Crippen LogP contribution is 2.03. The van der Waals surface area contributed by atoms with Gasteiger partial charge in [-0.15, -0.1) is 0 Å². The minimum Gasteiger partial charge on any atom is -0.480 e. The summed E-state index contributed by atoms with van der Waals surface area (Å²) in [4.78, 5) is 47.5. The molecule has 0 fully saturated rings. The zero-order valence-corrected chi connectivity index (χ0v) is 17.5. The van der Waals surface area contributed by atoms with Gasteiger partial charge < -0.3 is 38.3 Å². The quantitative estimate of drug-likeness (QED) is 0.0975. The van der Waals surface area contributed by atoms with E-state index in [-0.39, 0.29) is 18.7 Å². The van der Waals surface area contributed by atoms with Crippen LogP contribution in [0.4, 0.5) is 0 Å². The van der Waals surface area contributed by atoms with E-state index < -0.39 is 41.8 Å². The molecule has 10 N–H and O–H groups in total. The van der Waals surface area contributed by atoms with Crippen LogP contribution < -0.4 is 33.2 Å². The number of rotatable bonds is 16. The van der Waals surface area contributed by atoms with Crippen LogP contribution in [0.1, 0.15) is 38.5 Å². The van der Waals surface area contributed by atoms with E-state index in [0.717, 1.165) is 6.42 Å². The van der Waals surface area contributed by atoms with Gasteiger partial charge >= 0.3 is 5.97 Å². The van der Waals surface area contributed by atoms with Crippen LogP contribution in [0.25, 0.3) is 0 Å². The summed E-state index contributed by atoms with van der Waals surface area (Å²) in [5.74, 6) is -3.01. The Bertz CT molecular complexity index is 536. The van der Waals surface area contributed by atoms with Gasteiger partial charge in [0.15, 0.2) is 0 Å². The minimum atomic E-state index is -1.23. The molecule has 0 radical (unpaired) electrons. The van der Waals surface area contributed by atoms with Gasteiger partial charge in [0.25, 0.3) is 0 Å². The Hall–Kier alpha value is -1.89. The van der Waals surface area contributed by atoms with Gasteiger partial charge in [-0.3, -0.25) is 14.4 Å². The fraction of sp³-hybridized carbons (Fsp3) is 0.765. The van der Waals surface area contributed by atoms with E-state index in [9.17, 15) is 19.2 Å². The summed E-state index contributed by atoms with van der Waals surface area (Å²) in [5, 5.41) is 16.3. The summed E-state index contributed by atoms with van der Waals surface area (Å²) in [6.07, 6.45) is 3.39. The smallest absolute Gasteiger partial charge is 0.327 e. The van der Waals surface area contributed by atoms with Crippen LogP contribution in [0.15, 0.2) is 0 Å². The van der Waals surface area contributed by atoms with E-state index in [2.05, 4.69) is 28.6 Å². The third-order valence-electron chi connectivity index (χ3n) is 4.12. The van der Waals surface area contributed by atoms with Crippen LogP contribution in [-0.4, -0.2) is 72.3 Å². The number of carbonyl (C=O) groups excluding carboxylic acids is 3. The molecule has 12 heteroatoms. The second-order valence-corrected chi connectivity index (χ2v) is 6.96. The third-order valence-corrected chi connectivity index (χ3v) is 4.49. The number of unbranched alkanes of at least 4 members (excludes halogenated alkanes) is 2. The van der Waals surface area contributed by atoms with E-state index >= 15 is 0 Å². The molecule has 29 heavy (non-hydrogen) atoms. The molecule has 3 unspecified atom stereocenters. The van der Waals surface area contributed by atoms with Crippen LogP contribution in [0.5, 0.6) is 0 Å². The summed E-state index contributed by atoms with van der Waals surface area (Å²) < 4.78 is 0. The van der Waals surface area contributed by atoms with Crippen molar-refractivity contribution in [2.75, 3.05) is 25.4 Å². The van der Waals surface area contributed by atoms with Crippen molar-refractivity contribution in [3.8, 4) is 0 Å². The van der Waals surface area contributed by atoms with E-state index in [4.69, 9.17) is 22.3 Å². The molecule has 0 saturated carbocycles. The molecule has 0 aliphatic carbocycles. The van der Waals surface area contributed by atoms with Crippen molar-refractivity contribution >= 4 is 36.3 Å². The van der Waals surface area contributed by atoms with Gasteiger partial charge in [0, 0.05) is 5.75 Å². The maximum Gasteiger partial charge on any atom is 0.327 e. The molecular weight excluding hydrogens is 400 g/mol. The second kappa shape index (κ2) is 16.0. The number of nitrogens with two attached hydrogens (primary N) is 3. The maximum absolute atomic E-state index is 12.4. The second-order valence-electron chi connectivity index (χ2n) is 6.60. The number of carboxylic acid groups (broad SMARTS) is 1. The molecule has 168 valence electrons. The van der Waals surface area contributed by atoms with Gasteiger partial charge in [0.2, 0.25) is 17.7 Å². The zero-order valence-electron chi connectivity index (χ0n) is 16.6. The van der Waals surface area contributed by atoms with Crippen LogP contribution in [0, 0.1) is 0 Å². The molecular formula is C17H34N6O5S. The Labute approximate surface area is 176 Å². The van der Waals surface area contributed by atoms with E-state index in [0.29, 0.717) is 38.8 Å². The van der Waals surface area contributed by atoms with Gasteiger partial charge in [0.05, 0.1) is 12.6 Å². The lowest BCUT2D eigenvalue weighted by Gasteiger charge is -2.21. The molecule has 0 aromatic rings. The lowest BCUT2D eigenvalue weighted by molar-refractivity contribution is -0.141. The van der Waals surface area contributed by atoms with Crippen molar-refractivity contribution in [3.63, 3.8) is 0 Å². The summed E-state index contributed by atoms with van der Waals surface area (Å²) in [6.45, 7) is 0.591. The predicted molar refractivity (Wildman–Crippen MR) is 112 cm³/mol. The topological polar surface area (TPSA) is 203 Å². The first-order chi connectivity index (χ1) is 13.8. The largest absolute Gasteiger partial charge is 0.480 e. The van der Waals surface area contributed by atoms with E-state index in [1.807, 2.05) is 0 Å². The van der Waals surface area contributed by atoms with Crippen LogP contribution in [0.2, 0.25) is 0 Å². The molecule has 0 spiro atoms. The third kappa shape index (κ3) is 12.3. The van der Waals surface area contributed by atoms with Crippen molar-refractivity contribution in [1.82, 2.24) is 16.0 Å². The molecule has 0 aliphatic rings. The molecule has 0 saturated heterocycles. The number of carboxylic acids is 1. The van der Waals surface area contributed by atoms with Gasteiger partial charge in [-0.1, -0.05) is 6.42 Å². The average molecular weight is 435 g/mol. The summed E-state index contributed by atoms with van der Waals surface area (Å²) in [7, 11) is 0. The van der Waals surface area contributed by atoms with Gasteiger partial charge in [-0.25, -0.2) is 4.79 Å². The fourth-order valence-corrected chi connectivity index (χ4v) is 2.65. The molecule has 3 amide bonds. The summed E-state index contributed by atoms with van der Waals surface area (Å²) in [5.41, 5.74) is 16.6. The Morgan fingerprint density at radius 1 is 0.862 bits per heavy atom. The molecule has 0 bridgehead atoms. The zero-order chi connectivity index (χ0) is 22.2. The first kappa shape index (κ1) is 27.1. The number of carbonyl (C=O) groups is 4. The normalized spacial score (nSPS) is 13.8. The number of hydrogen-bond donors (Lipinski definition) is 8. The molecule has 0 aliphatic heterocycles. The van der Waals surface area contributed by atoms with Crippen molar-refractivity contribution in [1.29, 1.82) is 0 Å². The Morgan fingerprint density at radius 3 is 1.97 bits per heavy atom. The van der Waals surface area contributed by atoms with Crippen LogP contribution in [-0.2, 0) is 19.2 Å². The number of nitrogens with one attached hydrogen (secondary N) is 3. The van der Waals surface area contributed by atoms with Crippen molar-refractivity contribution in [2.24, 2.45) is 17.2 Å². The highest BCUT2D eigenvalue weighted by atomic mass is 32.1. The van der Waals surface area contributed by atoms with Crippen molar-refractivity contribution in [2.45, 2.75) is 56.7 Å². The molecule has 0 aromatic carbocycles. The standard InChI is InChI=1S/C17H34N6O5S/c18-7-3-1-5-11(20)15(25)21-9-14(24)22-12(6-2-4-8-19)16(26)23-13(10-29)17(27)28/h11-13,29H,1-10,18-20H2,(H,21,25)(H,22,24)(H,23,26)(H,27,28). The number of thiol groups is 1. The Kier molecular flexibility index (Phi) is 14.9. The highest BCUT2D eigenvalue weighted by Gasteiger charge is 2.25. The summed E-state index contributed by atoms with van der Waals surface area (Å²) >= 11 is 3.89. The van der Waals surface area contributed by atoms with E-state index in [1.165, 1.54) is 0 Å². The van der Waals surface area contributed by atoms with Gasteiger partial charge in [0.1, 0.15) is 12.1 Å². The molecule has 0 rings (SSSR count).